The van der Waals surface area contributed by atoms with Gasteiger partial charge in [0.1, 0.15) is 17.1 Å². The molecule has 236 valence electrons. The predicted molar refractivity (Wildman–Crippen MR) is 174 cm³/mol. The molecule has 1 saturated heterocycles. The van der Waals surface area contributed by atoms with Gasteiger partial charge in [-0.15, -0.1) is 0 Å². The Bertz CT molecular complexity index is 1600. The molecule has 1 aliphatic rings. The van der Waals surface area contributed by atoms with E-state index in [1.165, 1.54) is 18.1 Å². The zero-order chi connectivity index (χ0) is 31.3. The number of carbonyl (C=O) groups excluding carboxylic acids is 1. The lowest BCUT2D eigenvalue weighted by Crippen LogP contribution is -2.39. The number of fused-ring (bicyclic) bond motifs is 1. The average Bonchev–Trinajstić information content (AvgIpc) is 3.45. The first-order valence-corrected chi connectivity index (χ1v) is 16.9. The minimum absolute atomic E-state index is 0.219. The number of carbonyl (C=O) groups is 1. The molecule has 0 spiro atoms. The van der Waals surface area contributed by atoms with Crippen LogP contribution in [0, 0.1) is 0 Å². The zero-order valence-corrected chi connectivity index (χ0v) is 26.8. The number of benzene rings is 2. The molecule has 0 aliphatic carbocycles. The van der Waals surface area contributed by atoms with Gasteiger partial charge in [-0.1, -0.05) is 43.8 Å². The maximum absolute atomic E-state index is 12.6. The molecule has 4 aromatic rings. The third-order valence-electron chi connectivity index (χ3n) is 7.03. The van der Waals surface area contributed by atoms with Crippen molar-refractivity contribution in [3.63, 3.8) is 0 Å². The van der Waals surface area contributed by atoms with Crippen LogP contribution in [-0.4, -0.2) is 80.0 Å². The van der Waals surface area contributed by atoms with Gasteiger partial charge in [0.25, 0.3) is 0 Å². The molecule has 4 N–H and O–H groups in total. The van der Waals surface area contributed by atoms with Gasteiger partial charge < -0.3 is 24.2 Å². The number of nitrogens with zero attached hydrogens (tertiary/aromatic N) is 4. The van der Waals surface area contributed by atoms with Crippen LogP contribution in [0.15, 0.2) is 63.2 Å². The van der Waals surface area contributed by atoms with Gasteiger partial charge in [0.05, 0.1) is 30.7 Å². The largest absolute Gasteiger partial charge is 0.493 e. The van der Waals surface area contributed by atoms with Crippen molar-refractivity contribution in [3.8, 4) is 11.5 Å². The van der Waals surface area contributed by atoms with Crippen LogP contribution in [-0.2, 0) is 5.41 Å². The number of methoxy groups -OCH3 is 1. The highest BCUT2D eigenvalue weighted by atomic mass is 32.3. The molecule has 0 unspecified atom stereocenters. The van der Waals surface area contributed by atoms with Crippen LogP contribution in [0.2, 0.25) is 0 Å². The Morgan fingerprint density at radius 1 is 1.09 bits per heavy atom. The van der Waals surface area contributed by atoms with Gasteiger partial charge in [-0.3, -0.25) is 14.4 Å². The number of nitrogens with one attached hydrogen (secondary N) is 2. The van der Waals surface area contributed by atoms with Crippen molar-refractivity contribution < 1.29 is 27.9 Å². The van der Waals surface area contributed by atoms with Crippen molar-refractivity contribution in [2.75, 3.05) is 55.5 Å². The molecule has 2 aromatic carbocycles. The van der Waals surface area contributed by atoms with Crippen LogP contribution >= 0.6 is 22.4 Å². The van der Waals surface area contributed by atoms with Gasteiger partial charge in [0.15, 0.2) is 17.3 Å². The molecule has 44 heavy (non-hydrogen) atoms. The van der Waals surface area contributed by atoms with E-state index in [0.29, 0.717) is 60.0 Å². The number of hydrogen-bond acceptors (Lipinski definition) is 11. The number of aromatic nitrogens is 3. The highest BCUT2D eigenvalue weighted by Crippen LogP contribution is 2.40. The monoisotopic (exact) mass is 642 g/mol. The third kappa shape index (κ3) is 8.33. The Balaban J connectivity index is 1.23. The van der Waals surface area contributed by atoms with E-state index in [2.05, 4.69) is 30.7 Å². The lowest BCUT2D eigenvalue weighted by Gasteiger charge is -2.40. The number of anilines is 2. The Morgan fingerprint density at radius 2 is 1.89 bits per heavy atom. The molecule has 2 aromatic heterocycles. The Hall–Kier alpha value is -3.56. The molecule has 14 heteroatoms. The Morgan fingerprint density at radius 3 is 2.61 bits per heavy atom. The fourth-order valence-electron chi connectivity index (χ4n) is 4.57. The molecule has 1 aliphatic heterocycles. The van der Waals surface area contributed by atoms with Gasteiger partial charge in [0.2, 0.25) is 0 Å². The van der Waals surface area contributed by atoms with Crippen LogP contribution in [0.5, 0.6) is 11.5 Å². The Kier molecular flexibility index (Phi) is 9.85. The Labute approximate surface area is 262 Å². The van der Waals surface area contributed by atoms with E-state index in [1.807, 2.05) is 51.1 Å². The second kappa shape index (κ2) is 13.6. The molecular weight excluding hydrogens is 605 g/mol. The summed E-state index contributed by atoms with van der Waals surface area (Å²) >= 11 is 1.45. The van der Waals surface area contributed by atoms with E-state index < -0.39 is 16.6 Å². The summed E-state index contributed by atoms with van der Waals surface area (Å²) in [5.74, 6) is 3.05. The standard InChI is InChI=1S/C30H38N6O6S2/c1-30(2,3)26-18-27(35-42-26)34-29(37)33-20-7-5-8-21(15-20)43-28-22-16-25(24(40-4)17-23(22)31-19-32-28)41-12-6-9-36-10-13-44(38,39)14-11-36/h5,7-8,15-19,38-39H,6,9-14H2,1-4H3,(H2,33,34,35,37). The molecule has 0 saturated carbocycles. The minimum atomic E-state index is -2.40. The smallest absolute Gasteiger partial charge is 0.324 e. The van der Waals surface area contributed by atoms with Gasteiger partial charge in [-0.05, 0) is 30.7 Å². The quantitative estimate of drug-likeness (QED) is 0.110. The summed E-state index contributed by atoms with van der Waals surface area (Å²) < 4.78 is 36.7. The van der Waals surface area contributed by atoms with E-state index >= 15 is 0 Å². The van der Waals surface area contributed by atoms with Crippen LogP contribution in [0.25, 0.3) is 10.9 Å². The van der Waals surface area contributed by atoms with E-state index in [-0.39, 0.29) is 5.41 Å². The van der Waals surface area contributed by atoms with Gasteiger partial charge in [-0.2, -0.15) is 10.6 Å². The summed E-state index contributed by atoms with van der Waals surface area (Å²) in [4.78, 5) is 24.7. The molecule has 0 radical (unpaired) electrons. The molecule has 5 rings (SSSR count). The average molecular weight is 643 g/mol. The van der Waals surface area contributed by atoms with Crippen LogP contribution in [0.4, 0.5) is 16.3 Å². The van der Waals surface area contributed by atoms with E-state index in [1.54, 1.807) is 19.2 Å². The van der Waals surface area contributed by atoms with Gasteiger partial charge in [-0.25, -0.2) is 14.8 Å². The van der Waals surface area contributed by atoms with Gasteiger partial charge >= 0.3 is 6.03 Å². The SMILES string of the molecule is COc1cc2ncnc(Sc3cccc(NC(=O)Nc4cc(C(C)(C)C)on4)c3)c2cc1OCCCN1CCS(O)(O)CC1. The summed E-state index contributed by atoms with van der Waals surface area (Å²) in [6.07, 6.45) is 2.30. The number of urea groups is 1. The summed E-state index contributed by atoms with van der Waals surface area (Å²) in [7, 11) is -0.804. The van der Waals surface area contributed by atoms with E-state index in [4.69, 9.17) is 14.0 Å². The zero-order valence-electron chi connectivity index (χ0n) is 25.2. The summed E-state index contributed by atoms with van der Waals surface area (Å²) in [6, 6.07) is 12.5. The number of rotatable bonds is 10. The number of hydrogen-bond donors (Lipinski definition) is 4. The summed E-state index contributed by atoms with van der Waals surface area (Å²) in [5.41, 5.74) is 1.11. The second-order valence-corrected chi connectivity index (χ2v) is 15.0. The fourth-order valence-corrected chi connectivity index (χ4v) is 6.80. The molecular formula is C30H38N6O6S2. The van der Waals surface area contributed by atoms with Crippen molar-refractivity contribution in [3.05, 3.63) is 54.6 Å². The lowest BCUT2D eigenvalue weighted by atomic mass is 9.93. The van der Waals surface area contributed by atoms with E-state index in [0.717, 1.165) is 33.8 Å². The molecule has 12 nitrogen and oxygen atoms in total. The third-order valence-corrected chi connectivity index (χ3v) is 9.71. The number of ether oxygens (including phenoxy) is 2. The maximum atomic E-state index is 12.6. The van der Waals surface area contributed by atoms with E-state index in [9.17, 15) is 13.9 Å². The van der Waals surface area contributed by atoms with Crippen LogP contribution < -0.4 is 20.1 Å². The fraction of sp³-hybridized carbons (Fsp3) is 0.400. The molecule has 3 heterocycles. The van der Waals surface area contributed by atoms with Crippen molar-refractivity contribution in [2.24, 2.45) is 0 Å². The topological polar surface area (TPSA) is 155 Å². The first-order chi connectivity index (χ1) is 21.0. The molecule has 2 amide bonds. The summed E-state index contributed by atoms with van der Waals surface area (Å²) in [6.45, 7) is 8.67. The molecule has 0 bridgehead atoms. The first-order valence-electron chi connectivity index (χ1n) is 14.2. The molecule has 0 atom stereocenters. The predicted octanol–water partition coefficient (Wildman–Crippen LogP) is 6.55. The number of amides is 2. The van der Waals surface area contributed by atoms with Crippen molar-refractivity contribution >= 4 is 50.8 Å². The first kappa shape index (κ1) is 31.9. The normalized spacial score (nSPS) is 16.0. The van der Waals surface area contributed by atoms with Gasteiger partial charge in [0, 0.05) is 53.2 Å². The van der Waals surface area contributed by atoms with Crippen LogP contribution in [0.1, 0.15) is 33.0 Å². The summed E-state index contributed by atoms with van der Waals surface area (Å²) in [5, 5.41) is 11.0. The van der Waals surface area contributed by atoms with Crippen molar-refractivity contribution in [2.45, 2.75) is 42.5 Å². The second-order valence-electron chi connectivity index (χ2n) is 11.5. The highest BCUT2D eigenvalue weighted by molar-refractivity contribution is 8.24. The van der Waals surface area contributed by atoms with Crippen molar-refractivity contribution in [1.29, 1.82) is 0 Å². The van der Waals surface area contributed by atoms with Crippen molar-refractivity contribution in [1.82, 2.24) is 20.0 Å². The molecule has 1 fully saturated rings. The highest BCUT2D eigenvalue weighted by Gasteiger charge is 2.22. The van der Waals surface area contributed by atoms with Crippen LogP contribution in [0.3, 0.4) is 0 Å². The minimum Gasteiger partial charge on any atom is -0.493 e. The maximum Gasteiger partial charge on any atom is 0.324 e. The lowest BCUT2D eigenvalue weighted by molar-refractivity contribution is 0.236.